The molecule has 3 heterocycles. The molecule has 7 heteroatoms. The fourth-order valence-electron chi connectivity index (χ4n) is 3.43. The third-order valence-corrected chi connectivity index (χ3v) is 5.73. The highest BCUT2D eigenvalue weighted by molar-refractivity contribution is 6.41. The lowest BCUT2D eigenvalue weighted by Crippen LogP contribution is -2.44. The Kier molecular flexibility index (Phi) is 4.87. The molecule has 5 nitrogen and oxygen atoms in total. The number of nitrogens with zero attached hydrogens (tertiary/aromatic N) is 3. The van der Waals surface area contributed by atoms with E-state index >= 15 is 0 Å². The van der Waals surface area contributed by atoms with E-state index in [1.54, 1.807) is 22.6 Å². The fourth-order valence-corrected chi connectivity index (χ4v) is 3.81. The SMILES string of the molecule is Cn1c(C(=O)N2CCC(C(=O)N3CCCC3)CC2)cc(Cl)c1Cl. The highest BCUT2D eigenvalue weighted by atomic mass is 35.5. The van der Waals surface area contributed by atoms with Gasteiger partial charge in [0, 0.05) is 39.1 Å². The maximum absolute atomic E-state index is 12.6. The predicted octanol–water partition coefficient (Wildman–Crippen LogP) is 2.81. The Hall–Kier alpha value is -1.20. The molecule has 0 spiro atoms. The van der Waals surface area contributed by atoms with Gasteiger partial charge in [-0.2, -0.15) is 0 Å². The van der Waals surface area contributed by atoms with Crippen molar-refractivity contribution in [2.45, 2.75) is 25.7 Å². The lowest BCUT2D eigenvalue weighted by molar-refractivity contribution is -0.135. The number of aromatic nitrogens is 1. The molecule has 0 aromatic carbocycles. The van der Waals surface area contributed by atoms with E-state index in [2.05, 4.69) is 0 Å². The second-order valence-electron chi connectivity index (χ2n) is 6.33. The normalized spacial score (nSPS) is 19.4. The quantitative estimate of drug-likeness (QED) is 0.816. The molecule has 2 aliphatic heterocycles. The summed E-state index contributed by atoms with van der Waals surface area (Å²) in [5, 5.41) is 0.755. The van der Waals surface area contributed by atoms with E-state index in [9.17, 15) is 9.59 Å². The van der Waals surface area contributed by atoms with E-state index in [4.69, 9.17) is 23.2 Å². The Balaban J connectivity index is 1.61. The number of halogens is 2. The van der Waals surface area contributed by atoms with Crippen molar-refractivity contribution in [1.82, 2.24) is 14.4 Å². The van der Waals surface area contributed by atoms with E-state index in [1.807, 2.05) is 4.90 Å². The van der Waals surface area contributed by atoms with E-state index < -0.39 is 0 Å². The topological polar surface area (TPSA) is 45.6 Å². The molecule has 0 saturated carbocycles. The van der Waals surface area contributed by atoms with Crippen molar-refractivity contribution in [2.24, 2.45) is 13.0 Å². The Morgan fingerprint density at radius 1 is 1.04 bits per heavy atom. The third-order valence-electron chi connectivity index (χ3n) is 4.88. The number of hydrogen-bond acceptors (Lipinski definition) is 2. The zero-order chi connectivity index (χ0) is 16.6. The molecule has 2 saturated heterocycles. The number of rotatable bonds is 2. The molecule has 3 rings (SSSR count). The van der Waals surface area contributed by atoms with Crippen molar-refractivity contribution in [2.75, 3.05) is 26.2 Å². The summed E-state index contributed by atoms with van der Waals surface area (Å²) in [6.45, 7) is 2.98. The Bertz CT molecular complexity index is 615. The van der Waals surface area contributed by atoms with Gasteiger partial charge in [-0.25, -0.2) is 0 Å². The van der Waals surface area contributed by atoms with Crippen LogP contribution < -0.4 is 0 Å². The molecule has 23 heavy (non-hydrogen) atoms. The van der Waals surface area contributed by atoms with Gasteiger partial charge in [0.2, 0.25) is 5.91 Å². The predicted molar refractivity (Wildman–Crippen MR) is 89.9 cm³/mol. The van der Waals surface area contributed by atoms with Crippen molar-refractivity contribution in [3.05, 3.63) is 21.9 Å². The van der Waals surface area contributed by atoms with Gasteiger partial charge >= 0.3 is 0 Å². The molecule has 2 amide bonds. The van der Waals surface area contributed by atoms with Crippen LogP contribution in [0.25, 0.3) is 0 Å². The van der Waals surface area contributed by atoms with Crippen molar-refractivity contribution >= 4 is 35.0 Å². The van der Waals surface area contributed by atoms with Gasteiger partial charge in [0.25, 0.3) is 5.91 Å². The first-order valence-electron chi connectivity index (χ1n) is 8.08. The van der Waals surface area contributed by atoms with Crippen LogP contribution in [0.4, 0.5) is 0 Å². The summed E-state index contributed by atoms with van der Waals surface area (Å²) in [4.78, 5) is 28.8. The summed E-state index contributed by atoms with van der Waals surface area (Å²) in [6.07, 6.45) is 3.68. The molecular formula is C16H21Cl2N3O2. The van der Waals surface area contributed by atoms with Gasteiger partial charge in [0.05, 0.1) is 5.02 Å². The highest BCUT2D eigenvalue weighted by Crippen LogP contribution is 2.28. The molecule has 0 N–H and O–H groups in total. The summed E-state index contributed by atoms with van der Waals surface area (Å²) in [5.74, 6) is 0.241. The molecular weight excluding hydrogens is 337 g/mol. The van der Waals surface area contributed by atoms with Gasteiger partial charge in [0.1, 0.15) is 10.8 Å². The summed E-state index contributed by atoms with van der Waals surface area (Å²) >= 11 is 12.0. The number of amides is 2. The first-order valence-corrected chi connectivity index (χ1v) is 8.83. The number of carbonyl (C=O) groups excluding carboxylic acids is 2. The lowest BCUT2D eigenvalue weighted by atomic mass is 9.95. The number of piperidine rings is 1. The van der Waals surface area contributed by atoms with E-state index in [0.29, 0.717) is 29.0 Å². The minimum Gasteiger partial charge on any atom is -0.342 e. The Morgan fingerprint density at radius 3 is 2.17 bits per heavy atom. The van der Waals surface area contributed by atoms with Crippen LogP contribution in [0.2, 0.25) is 10.2 Å². The largest absolute Gasteiger partial charge is 0.342 e. The second-order valence-corrected chi connectivity index (χ2v) is 7.09. The zero-order valence-corrected chi connectivity index (χ0v) is 14.7. The van der Waals surface area contributed by atoms with Gasteiger partial charge in [0.15, 0.2) is 0 Å². The molecule has 0 radical (unpaired) electrons. The average Bonchev–Trinajstić information content (AvgIpc) is 3.19. The van der Waals surface area contributed by atoms with Crippen LogP contribution in [0.3, 0.4) is 0 Å². The van der Waals surface area contributed by atoms with Crippen LogP contribution in [0.5, 0.6) is 0 Å². The molecule has 0 bridgehead atoms. The second kappa shape index (κ2) is 6.73. The van der Waals surface area contributed by atoms with Crippen LogP contribution in [-0.2, 0) is 11.8 Å². The van der Waals surface area contributed by atoms with Crippen LogP contribution in [0.15, 0.2) is 6.07 Å². The smallest absolute Gasteiger partial charge is 0.270 e. The molecule has 126 valence electrons. The molecule has 0 atom stereocenters. The van der Waals surface area contributed by atoms with Gasteiger partial charge in [-0.05, 0) is 31.7 Å². The van der Waals surface area contributed by atoms with E-state index in [0.717, 1.165) is 38.8 Å². The Labute approximate surface area is 146 Å². The van der Waals surface area contributed by atoms with Gasteiger partial charge in [-0.15, -0.1) is 0 Å². The van der Waals surface area contributed by atoms with Crippen molar-refractivity contribution in [1.29, 1.82) is 0 Å². The molecule has 0 unspecified atom stereocenters. The average molecular weight is 358 g/mol. The number of hydrogen-bond donors (Lipinski definition) is 0. The van der Waals surface area contributed by atoms with Crippen LogP contribution in [0.1, 0.15) is 36.2 Å². The first-order chi connectivity index (χ1) is 11.0. The monoisotopic (exact) mass is 357 g/mol. The highest BCUT2D eigenvalue weighted by Gasteiger charge is 2.32. The first kappa shape index (κ1) is 16.7. The summed E-state index contributed by atoms with van der Waals surface area (Å²) in [7, 11) is 1.73. The summed E-state index contributed by atoms with van der Waals surface area (Å²) in [6, 6.07) is 1.60. The van der Waals surface area contributed by atoms with Crippen molar-refractivity contribution in [3.63, 3.8) is 0 Å². The van der Waals surface area contributed by atoms with Crippen molar-refractivity contribution in [3.8, 4) is 0 Å². The molecule has 2 fully saturated rings. The summed E-state index contributed by atoms with van der Waals surface area (Å²) in [5.41, 5.74) is 0.490. The van der Waals surface area contributed by atoms with Gasteiger partial charge in [-0.1, -0.05) is 23.2 Å². The van der Waals surface area contributed by atoms with Gasteiger partial charge in [-0.3, -0.25) is 9.59 Å². The minimum absolute atomic E-state index is 0.0535. The third kappa shape index (κ3) is 3.22. The van der Waals surface area contributed by atoms with Gasteiger partial charge < -0.3 is 14.4 Å². The van der Waals surface area contributed by atoms with Crippen LogP contribution in [-0.4, -0.2) is 52.4 Å². The molecule has 1 aromatic heterocycles. The van der Waals surface area contributed by atoms with E-state index in [1.165, 1.54) is 0 Å². The maximum atomic E-state index is 12.6. The molecule has 1 aromatic rings. The lowest BCUT2D eigenvalue weighted by Gasteiger charge is -2.33. The standard InChI is InChI=1S/C16H21Cl2N3O2/c1-19-13(10-12(17)14(19)18)16(23)21-8-4-11(5-9-21)15(22)20-6-2-3-7-20/h10-11H,2-9H2,1H3. The number of carbonyl (C=O) groups is 2. The Morgan fingerprint density at radius 2 is 1.65 bits per heavy atom. The zero-order valence-electron chi connectivity index (χ0n) is 13.2. The number of likely N-dealkylation sites (tertiary alicyclic amines) is 2. The van der Waals surface area contributed by atoms with Crippen LogP contribution in [0, 0.1) is 5.92 Å². The van der Waals surface area contributed by atoms with Crippen molar-refractivity contribution < 1.29 is 9.59 Å². The maximum Gasteiger partial charge on any atom is 0.270 e. The molecule has 2 aliphatic rings. The summed E-state index contributed by atoms with van der Waals surface area (Å²) < 4.78 is 1.60. The van der Waals surface area contributed by atoms with Crippen LogP contribution >= 0.6 is 23.2 Å². The van der Waals surface area contributed by atoms with E-state index in [-0.39, 0.29) is 17.7 Å². The fraction of sp³-hybridized carbons (Fsp3) is 0.625. The minimum atomic E-state index is -0.0756. The molecule has 0 aliphatic carbocycles.